The fourth-order valence-corrected chi connectivity index (χ4v) is 1.48. The van der Waals surface area contributed by atoms with Gasteiger partial charge in [0.25, 0.3) is 0 Å². The Morgan fingerprint density at radius 3 is 2.60 bits per heavy atom. The van der Waals surface area contributed by atoms with Crippen LogP contribution in [-0.2, 0) is 9.53 Å². The van der Waals surface area contributed by atoms with Crippen LogP contribution in [0, 0.1) is 0 Å². The maximum Gasteiger partial charge on any atom is 0.332 e. The van der Waals surface area contributed by atoms with E-state index in [0.29, 0.717) is 5.90 Å². The summed E-state index contributed by atoms with van der Waals surface area (Å²) >= 11 is 0. The van der Waals surface area contributed by atoms with E-state index in [1.165, 1.54) is 0 Å². The lowest BCUT2D eigenvalue weighted by atomic mass is 10.2. The number of aliphatic imine (C=N–C) groups is 1. The summed E-state index contributed by atoms with van der Waals surface area (Å²) in [5.74, 6) is -0.538. The lowest BCUT2D eigenvalue weighted by Gasteiger charge is -2.07. The molecule has 0 amide bonds. The number of carboxylic acids is 1. The molecule has 0 saturated carbocycles. The predicted octanol–water partition coefficient (Wildman–Crippen LogP) is 1.31. The van der Waals surface area contributed by atoms with Crippen LogP contribution in [-0.4, -0.2) is 29.1 Å². The van der Waals surface area contributed by atoms with E-state index in [9.17, 15) is 4.79 Å². The summed E-state index contributed by atoms with van der Waals surface area (Å²) < 4.78 is 5.39. The minimum Gasteiger partial charge on any atom is -0.480 e. The van der Waals surface area contributed by atoms with Gasteiger partial charge in [-0.25, -0.2) is 9.79 Å². The van der Waals surface area contributed by atoms with Crippen molar-refractivity contribution in [2.75, 3.05) is 0 Å². The smallest absolute Gasteiger partial charge is 0.332 e. The molecule has 78 valence electrons. The quantitative estimate of drug-likeness (QED) is 0.791. The molecular weight excluding hydrogens is 194 g/mol. The highest BCUT2D eigenvalue weighted by Crippen LogP contribution is 2.17. The van der Waals surface area contributed by atoms with Gasteiger partial charge < -0.3 is 9.84 Å². The maximum absolute atomic E-state index is 10.8. The minimum atomic E-state index is -0.951. The van der Waals surface area contributed by atoms with Crippen LogP contribution in [0.1, 0.15) is 12.5 Å². The predicted molar refractivity (Wildman–Crippen MR) is 54.9 cm³/mol. The van der Waals surface area contributed by atoms with E-state index in [2.05, 4.69) is 4.99 Å². The van der Waals surface area contributed by atoms with Crippen LogP contribution in [0.5, 0.6) is 0 Å². The summed E-state index contributed by atoms with van der Waals surface area (Å²) in [5.41, 5.74) is 0.813. The largest absolute Gasteiger partial charge is 0.480 e. The van der Waals surface area contributed by atoms with E-state index in [0.717, 1.165) is 5.56 Å². The van der Waals surface area contributed by atoms with Gasteiger partial charge in [-0.1, -0.05) is 18.2 Å². The molecule has 4 nitrogen and oxygen atoms in total. The van der Waals surface area contributed by atoms with Gasteiger partial charge in [-0.3, -0.25) is 0 Å². The fourth-order valence-electron chi connectivity index (χ4n) is 1.48. The molecule has 1 aliphatic rings. The molecule has 0 spiro atoms. The number of carbonyl (C=O) groups is 1. The molecule has 2 rings (SSSR count). The Labute approximate surface area is 87.2 Å². The second-order valence-corrected chi connectivity index (χ2v) is 3.41. The molecule has 4 heteroatoms. The summed E-state index contributed by atoms with van der Waals surface area (Å²) in [4.78, 5) is 14.8. The molecular formula is C11H11NO3. The lowest BCUT2D eigenvalue weighted by molar-refractivity contribution is -0.139. The van der Waals surface area contributed by atoms with E-state index < -0.39 is 18.1 Å². The number of benzene rings is 1. The summed E-state index contributed by atoms with van der Waals surface area (Å²) in [6.45, 7) is 1.71. The molecule has 1 aromatic rings. The van der Waals surface area contributed by atoms with E-state index >= 15 is 0 Å². The fraction of sp³-hybridized carbons (Fsp3) is 0.273. The Hall–Kier alpha value is -1.84. The van der Waals surface area contributed by atoms with Gasteiger partial charge in [-0.15, -0.1) is 0 Å². The van der Waals surface area contributed by atoms with Crippen molar-refractivity contribution in [2.24, 2.45) is 4.99 Å². The Morgan fingerprint density at radius 2 is 2.07 bits per heavy atom. The SMILES string of the molecule is C[C@H]1OC(c2ccccc2)=N[C@@H]1C(=O)O. The molecule has 15 heavy (non-hydrogen) atoms. The van der Waals surface area contributed by atoms with Gasteiger partial charge in [-0.2, -0.15) is 0 Å². The molecule has 1 aromatic carbocycles. The highest BCUT2D eigenvalue weighted by Gasteiger charge is 2.33. The van der Waals surface area contributed by atoms with Crippen molar-refractivity contribution in [3.05, 3.63) is 35.9 Å². The summed E-state index contributed by atoms with van der Waals surface area (Å²) in [6.07, 6.45) is -0.405. The maximum atomic E-state index is 10.8. The van der Waals surface area contributed by atoms with Gasteiger partial charge in [0, 0.05) is 5.56 Å². The van der Waals surface area contributed by atoms with Gasteiger partial charge in [-0.05, 0) is 19.1 Å². The first-order valence-corrected chi connectivity index (χ1v) is 4.71. The topological polar surface area (TPSA) is 58.9 Å². The first-order chi connectivity index (χ1) is 7.18. The second-order valence-electron chi connectivity index (χ2n) is 3.41. The summed E-state index contributed by atoms with van der Waals surface area (Å²) in [6, 6.07) is 8.50. The van der Waals surface area contributed by atoms with Crippen molar-refractivity contribution in [3.8, 4) is 0 Å². The Morgan fingerprint density at radius 1 is 1.40 bits per heavy atom. The van der Waals surface area contributed by atoms with Crippen LogP contribution in [0.4, 0.5) is 0 Å². The van der Waals surface area contributed by atoms with E-state index in [-0.39, 0.29) is 0 Å². The van der Waals surface area contributed by atoms with Crippen LogP contribution >= 0.6 is 0 Å². The zero-order valence-corrected chi connectivity index (χ0v) is 8.25. The first-order valence-electron chi connectivity index (χ1n) is 4.71. The third-order valence-electron chi connectivity index (χ3n) is 2.27. The summed E-state index contributed by atoms with van der Waals surface area (Å²) in [7, 11) is 0. The van der Waals surface area contributed by atoms with Crippen molar-refractivity contribution >= 4 is 11.9 Å². The van der Waals surface area contributed by atoms with Crippen LogP contribution < -0.4 is 0 Å². The van der Waals surface area contributed by atoms with Crippen molar-refractivity contribution in [2.45, 2.75) is 19.1 Å². The van der Waals surface area contributed by atoms with E-state index in [1.807, 2.05) is 30.3 Å². The number of nitrogens with zero attached hydrogens (tertiary/aromatic N) is 1. The van der Waals surface area contributed by atoms with Crippen LogP contribution in [0.2, 0.25) is 0 Å². The zero-order chi connectivity index (χ0) is 10.8. The number of aliphatic carboxylic acids is 1. The van der Waals surface area contributed by atoms with Crippen molar-refractivity contribution in [1.82, 2.24) is 0 Å². The van der Waals surface area contributed by atoms with Crippen LogP contribution in [0.3, 0.4) is 0 Å². The molecule has 1 aliphatic heterocycles. The molecule has 0 aromatic heterocycles. The summed E-state index contributed by atoms with van der Waals surface area (Å²) in [5, 5.41) is 8.86. The molecule has 0 radical (unpaired) electrons. The Balaban J connectivity index is 2.27. The van der Waals surface area contributed by atoms with Crippen molar-refractivity contribution in [1.29, 1.82) is 0 Å². The van der Waals surface area contributed by atoms with Crippen molar-refractivity contribution in [3.63, 3.8) is 0 Å². The Kier molecular flexibility index (Phi) is 2.41. The van der Waals surface area contributed by atoms with Gasteiger partial charge in [0.2, 0.25) is 5.90 Å². The van der Waals surface area contributed by atoms with Crippen molar-refractivity contribution < 1.29 is 14.6 Å². The monoisotopic (exact) mass is 205 g/mol. The van der Waals surface area contributed by atoms with Gasteiger partial charge in [0.05, 0.1) is 0 Å². The molecule has 0 aliphatic carbocycles. The number of ether oxygens (including phenoxy) is 1. The van der Waals surface area contributed by atoms with Gasteiger partial charge >= 0.3 is 5.97 Å². The van der Waals surface area contributed by atoms with E-state index in [1.54, 1.807) is 6.92 Å². The second kappa shape index (κ2) is 3.73. The number of carboxylic acid groups (broad SMARTS) is 1. The third kappa shape index (κ3) is 1.83. The first kappa shape index (κ1) is 9.71. The molecule has 1 N–H and O–H groups in total. The molecule has 0 fully saturated rings. The molecule has 0 unspecified atom stereocenters. The lowest BCUT2D eigenvalue weighted by Crippen LogP contribution is -2.27. The van der Waals surface area contributed by atoms with Crippen LogP contribution in [0.25, 0.3) is 0 Å². The third-order valence-corrected chi connectivity index (χ3v) is 2.27. The normalized spacial score (nSPS) is 24.5. The number of rotatable bonds is 2. The highest BCUT2D eigenvalue weighted by atomic mass is 16.5. The Bertz CT molecular complexity index is 400. The van der Waals surface area contributed by atoms with Gasteiger partial charge in [0.15, 0.2) is 6.04 Å². The van der Waals surface area contributed by atoms with Crippen LogP contribution in [0.15, 0.2) is 35.3 Å². The average molecular weight is 205 g/mol. The highest BCUT2D eigenvalue weighted by molar-refractivity contribution is 5.97. The average Bonchev–Trinajstić information content (AvgIpc) is 2.62. The zero-order valence-electron chi connectivity index (χ0n) is 8.25. The standard InChI is InChI=1S/C11H11NO3/c1-7-9(11(13)14)12-10(15-7)8-5-3-2-4-6-8/h2-7,9H,1H3,(H,13,14)/t7-,9+/m1/s1. The molecule has 1 heterocycles. The number of hydrogen-bond acceptors (Lipinski definition) is 3. The molecule has 0 saturated heterocycles. The van der Waals surface area contributed by atoms with E-state index in [4.69, 9.17) is 9.84 Å². The molecule has 0 bridgehead atoms. The number of hydrogen-bond donors (Lipinski definition) is 1. The van der Waals surface area contributed by atoms with Gasteiger partial charge in [0.1, 0.15) is 6.10 Å². The molecule has 2 atom stereocenters. The minimum absolute atomic E-state index is 0.405.